The first kappa shape index (κ1) is 13.4. The van der Waals surface area contributed by atoms with E-state index in [1.165, 1.54) is 0 Å². The molecule has 0 fully saturated rings. The van der Waals surface area contributed by atoms with Crippen LogP contribution in [0, 0.1) is 0 Å². The molecule has 0 unspecified atom stereocenters. The summed E-state index contributed by atoms with van der Waals surface area (Å²) in [6.07, 6.45) is 0.672. The van der Waals surface area contributed by atoms with Crippen molar-refractivity contribution < 1.29 is 14.3 Å². The summed E-state index contributed by atoms with van der Waals surface area (Å²) >= 11 is 0. The van der Waals surface area contributed by atoms with Crippen molar-refractivity contribution in [2.24, 2.45) is 5.73 Å². The molecule has 102 valence electrons. The van der Waals surface area contributed by atoms with Crippen molar-refractivity contribution in [2.75, 3.05) is 31.1 Å². The normalized spacial score (nSPS) is 13.7. The lowest BCUT2D eigenvalue weighted by Gasteiger charge is -2.29. The Morgan fingerprint density at radius 3 is 3.00 bits per heavy atom. The maximum atomic E-state index is 11.8. The fourth-order valence-corrected chi connectivity index (χ4v) is 1.94. The Morgan fingerprint density at radius 1 is 1.42 bits per heavy atom. The number of nitrogens with zero attached hydrogens (tertiary/aromatic N) is 1. The van der Waals surface area contributed by atoms with E-state index in [2.05, 4.69) is 5.32 Å². The quantitative estimate of drug-likeness (QED) is 0.725. The van der Waals surface area contributed by atoms with Gasteiger partial charge in [-0.15, -0.1) is 0 Å². The van der Waals surface area contributed by atoms with Crippen LogP contribution in [0.5, 0.6) is 5.75 Å². The number of hydrogen-bond donors (Lipinski definition) is 2. The van der Waals surface area contributed by atoms with Crippen LogP contribution in [-0.2, 0) is 9.59 Å². The Bertz CT molecular complexity index is 476. The fourth-order valence-electron chi connectivity index (χ4n) is 1.94. The Balaban J connectivity index is 1.92. The van der Waals surface area contributed by atoms with Crippen molar-refractivity contribution in [3.05, 3.63) is 24.3 Å². The summed E-state index contributed by atoms with van der Waals surface area (Å²) < 4.78 is 5.35. The maximum Gasteiger partial charge on any atom is 0.265 e. The lowest BCUT2D eigenvalue weighted by molar-refractivity contribution is -0.121. The summed E-state index contributed by atoms with van der Waals surface area (Å²) in [6.45, 7) is 1.10. The second kappa shape index (κ2) is 6.19. The van der Waals surface area contributed by atoms with E-state index in [-0.39, 0.29) is 25.0 Å². The zero-order valence-electron chi connectivity index (χ0n) is 10.6. The minimum Gasteiger partial charge on any atom is -0.482 e. The summed E-state index contributed by atoms with van der Waals surface area (Å²) in [5.41, 5.74) is 5.97. The third kappa shape index (κ3) is 3.23. The number of rotatable bonds is 5. The van der Waals surface area contributed by atoms with Crippen LogP contribution in [0.25, 0.3) is 0 Å². The summed E-state index contributed by atoms with van der Waals surface area (Å²) in [5, 5.41) is 2.68. The van der Waals surface area contributed by atoms with Crippen LogP contribution in [-0.4, -0.2) is 38.1 Å². The van der Waals surface area contributed by atoms with Crippen LogP contribution < -0.4 is 20.7 Å². The zero-order valence-corrected chi connectivity index (χ0v) is 10.6. The Morgan fingerprint density at radius 2 is 2.21 bits per heavy atom. The monoisotopic (exact) mass is 263 g/mol. The van der Waals surface area contributed by atoms with Gasteiger partial charge in [0.1, 0.15) is 5.75 Å². The van der Waals surface area contributed by atoms with Gasteiger partial charge in [-0.1, -0.05) is 12.1 Å². The highest BCUT2D eigenvalue weighted by Gasteiger charge is 2.24. The number of hydrogen-bond acceptors (Lipinski definition) is 4. The van der Waals surface area contributed by atoms with Crippen LogP contribution >= 0.6 is 0 Å². The van der Waals surface area contributed by atoms with E-state index in [1.807, 2.05) is 24.3 Å². The molecular weight excluding hydrogens is 246 g/mol. The first-order chi connectivity index (χ1) is 9.22. The number of amides is 2. The van der Waals surface area contributed by atoms with Gasteiger partial charge < -0.3 is 20.7 Å². The minimum absolute atomic E-state index is 0.0146. The highest BCUT2D eigenvalue weighted by molar-refractivity contribution is 5.97. The molecule has 6 heteroatoms. The van der Waals surface area contributed by atoms with E-state index in [9.17, 15) is 9.59 Å². The largest absolute Gasteiger partial charge is 0.482 e. The highest BCUT2D eigenvalue weighted by atomic mass is 16.5. The number of carbonyl (C=O) groups is 2. The van der Waals surface area contributed by atoms with Gasteiger partial charge >= 0.3 is 0 Å². The summed E-state index contributed by atoms with van der Waals surface area (Å²) in [4.78, 5) is 24.5. The van der Waals surface area contributed by atoms with Crippen LogP contribution in [0.15, 0.2) is 24.3 Å². The number of carbonyl (C=O) groups excluding carboxylic acids is 2. The predicted molar refractivity (Wildman–Crippen MR) is 71.0 cm³/mol. The van der Waals surface area contributed by atoms with Crippen LogP contribution in [0.3, 0.4) is 0 Å². The van der Waals surface area contributed by atoms with Crippen molar-refractivity contribution in [2.45, 2.75) is 6.42 Å². The van der Waals surface area contributed by atoms with E-state index < -0.39 is 0 Å². The topological polar surface area (TPSA) is 84.7 Å². The van der Waals surface area contributed by atoms with Crippen molar-refractivity contribution in [3.63, 3.8) is 0 Å². The summed E-state index contributed by atoms with van der Waals surface area (Å²) in [5.74, 6) is 0.464. The molecule has 2 rings (SSSR count). The van der Waals surface area contributed by atoms with Crippen molar-refractivity contribution in [1.29, 1.82) is 0 Å². The van der Waals surface area contributed by atoms with Crippen molar-refractivity contribution in [1.82, 2.24) is 5.32 Å². The maximum absolute atomic E-state index is 11.8. The van der Waals surface area contributed by atoms with Crippen molar-refractivity contribution in [3.8, 4) is 5.75 Å². The third-order valence-electron chi connectivity index (χ3n) is 2.87. The molecule has 0 aromatic heterocycles. The molecule has 0 spiro atoms. The second-order valence-electron chi connectivity index (χ2n) is 4.21. The third-order valence-corrected chi connectivity index (χ3v) is 2.87. The number of nitrogens with one attached hydrogen (secondary N) is 1. The average Bonchev–Trinajstić information content (AvgIpc) is 2.45. The van der Waals surface area contributed by atoms with Crippen molar-refractivity contribution >= 4 is 17.5 Å². The minimum atomic E-state index is -0.186. The molecule has 3 N–H and O–H groups in total. The van der Waals surface area contributed by atoms with Gasteiger partial charge in [0.25, 0.3) is 5.91 Å². The van der Waals surface area contributed by atoms with Gasteiger partial charge in [0.05, 0.1) is 12.2 Å². The van der Waals surface area contributed by atoms with Gasteiger partial charge in [-0.25, -0.2) is 0 Å². The van der Waals surface area contributed by atoms with E-state index in [4.69, 9.17) is 10.5 Å². The molecule has 1 heterocycles. The van der Waals surface area contributed by atoms with E-state index in [0.717, 1.165) is 5.69 Å². The number of anilines is 1. The molecule has 0 saturated heterocycles. The van der Waals surface area contributed by atoms with Gasteiger partial charge in [0.15, 0.2) is 6.61 Å². The van der Waals surface area contributed by atoms with Gasteiger partial charge in [0.2, 0.25) is 5.91 Å². The molecule has 0 aliphatic carbocycles. The molecule has 1 aromatic carbocycles. The smallest absolute Gasteiger partial charge is 0.265 e. The van der Waals surface area contributed by atoms with Gasteiger partial charge in [0, 0.05) is 13.1 Å². The zero-order chi connectivity index (χ0) is 13.7. The average molecular weight is 263 g/mol. The second-order valence-corrected chi connectivity index (χ2v) is 4.21. The number of fused-ring (bicyclic) bond motifs is 1. The molecule has 0 radical (unpaired) electrons. The highest BCUT2D eigenvalue weighted by Crippen LogP contribution is 2.31. The molecule has 2 amide bonds. The summed E-state index contributed by atoms with van der Waals surface area (Å²) in [7, 11) is 0. The molecule has 0 atom stereocenters. The Hall–Kier alpha value is -2.08. The van der Waals surface area contributed by atoms with Gasteiger partial charge in [-0.05, 0) is 18.6 Å². The van der Waals surface area contributed by atoms with Crippen LogP contribution in [0.1, 0.15) is 6.42 Å². The lowest BCUT2D eigenvalue weighted by atomic mass is 10.2. The van der Waals surface area contributed by atoms with E-state index in [0.29, 0.717) is 25.3 Å². The molecule has 1 aliphatic rings. The van der Waals surface area contributed by atoms with E-state index in [1.54, 1.807) is 4.90 Å². The number of nitrogens with two attached hydrogens (primary N) is 1. The van der Waals surface area contributed by atoms with Crippen LogP contribution in [0.2, 0.25) is 0 Å². The fraction of sp³-hybridized carbons (Fsp3) is 0.385. The standard InChI is InChI=1S/C13H17N3O3/c14-8-12(17)15-6-3-7-16-10-4-1-2-5-11(10)19-9-13(16)18/h1-2,4-5H,3,6-9,14H2,(H,15,17). The molecule has 0 bridgehead atoms. The molecular formula is C13H17N3O3. The number of para-hydroxylation sites is 2. The number of ether oxygens (including phenoxy) is 1. The molecule has 19 heavy (non-hydrogen) atoms. The first-order valence-corrected chi connectivity index (χ1v) is 6.21. The molecule has 1 aromatic rings. The lowest BCUT2D eigenvalue weighted by Crippen LogP contribution is -2.40. The Kier molecular flexibility index (Phi) is 4.35. The molecule has 6 nitrogen and oxygen atoms in total. The predicted octanol–water partition coefficient (Wildman–Crippen LogP) is -0.123. The van der Waals surface area contributed by atoms with Gasteiger partial charge in [-0.2, -0.15) is 0 Å². The molecule has 0 saturated carbocycles. The van der Waals surface area contributed by atoms with Crippen LogP contribution in [0.4, 0.5) is 5.69 Å². The molecule has 1 aliphatic heterocycles. The van der Waals surface area contributed by atoms with E-state index >= 15 is 0 Å². The summed E-state index contributed by atoms with van der Waals surface area (Å²) in [6, 6.07) is 7.42. The number of benzene rings is 1. The van der Waals surface area contributed by atoms with Gasteiger partial charge in [-0.3, -0.25) is 9.59 Å². The first-order valence-electron chi connectivity index (χ1n) is 6.21. The Labute approximate surface area is 111 Å². The SMILES string of the molecule is NCC(=O)NCCCN1C(=O)COc2ccccc21.